The van der Waals surface area contributed by atoms with Crippen molar-refractivity contribution in [3.05, 3.63) is 34.9 Å². The number of rotatable bonds is 2. The number of carbonyl (C=O) groups excluding carboxylic acids is 1. The number of carbonyl (C=O) groups is 1. The van der Waals surface area contributed by atoms with Gasteiger partial charge in [0.15, 0.2) is 0 Å². The van der Waals surface area contributed by atoms with E-state index in [-0.39, 0.29) is 12.5 Å². The zero-order valence-electron chi connectivity index (χ0n) is 7.82. The lowest BCUT2D eigenvalue weighted by Gasteiger charge is -2.05. The molecule has 3 heteroatoms. The van der Waals surface area contributed by atoms with Crippen LogP contribution in [0.2, 0.25) is 0 Å². The number of aliphatic carboxylic acids is 1. The highest BCUT2D eigenvalue weighted by Gasteiger charge is 2.17. The lowest BCUT2D eigenvalue weighted by atomic mass is 10.0. The van der Waals surface area contributed by atoms with Crippen LogP contribution in [-0.4, -0.2) is 12.0 Å². The highest BCUT2D eigenvalue weighted by Crippen LogP contribution is 2.22. The van der Waals surface area contributed by atoms with Gasteiger partial charge in [0.05, 0.1) is 0 Å². The second kappa shape index (κ2) is 3.42. The average Bonchev–Trinajstić information content (AvgIpc) is 2.42. The van der Waals surface area contributed by atoms with Gasteiger partial charge in [0.2, 0.25) is 0 Å². The van der Waals surface area contributed by atoms with Crippen molar-refractivity contribution in [2.75, 3.05) is 0 Å². The fourth-order valence-electron chi connectivity index (χ4n) is 1.98. The van der Waals surface area contributed by atoms with Crippen LogP contribution in [0.4, 0.5) is 0 Å². The maximum atomic E-state index is 10.4. The zero-order valence-corrected chi connectivity index (χ0v) is 7.82. The molecule has 1 aliphatic carbocycles. The molecule has 1 aromatic rings. The molecule has 0 spiro atoms. The zero-order chi connectivity index (χ0) is 10.1. The van der Waals surface area contributed by atoms with Gasteiger partial charge in [-0.1, -0.05) is 18.2 Å². The van der Waals surface area contributed by atoms with Crippen LogP contribution in [0, 0.1) is 0 Å². The SMILES string of the molecule is NC1Cc2ccc(CC(=O)[O-])cc2C1. The number of carboxylic acids is 1. The van der Waals surface area contributed by atoms with Gasteiger partial charge in [0.25, 0.3) is 0 Å². The molecule has 3 nitrogen and oxygen atoms in total. The molecule has 0 amide bonds. The second-order valence-corrected chi connectivity index (χ2v) is 3.82. The Morgan fingerprint density at radius 2 is 2.14 bits per heavy atom. The molecule has 0 saturated heterocycles. The molecule has 1 aromatic carbocycles. The predicted molar refractivity (Wildman–Crippen MR) is 50.5 cm³/mol. The molecule has 0 aliphatic heterocycles. The Bertz CT molecular complexity index is 374. The largest absolute Gasteiger partial charge is 0.550 e. The average molecular weight is 190 g/mol. The molecule has 0 bridgehead atoms. The first kappa shape index (κ1) is 9.21. The molecule has 1 unspecified atom stereocenters. The number of nitrogens with two attached hydrogens (primary N) is 1. The monoisotopic (exact) mass is 190 g/mol. The smallest absolute Gasteiger partial charge is 0.0458 e. The van der Waals surface area contributed by atoms with Gasteiger partial charge in [0, 0.05) is 18.4 Å². The van der Waals surface area contributed by atoms with Crippen molar-refractivity contribution in [2.45, 2.75) is 25.3 Å². The first-order chi connectivity index (χ1) is 6.65. The van der Waals surface area contributed by atoms with Crippen molar-refractivity contribution in [3.8, 4) is 0 Å². The first-order valence-corrected chi connectivity index (χ1v) is 4.71. The molecule has 1 aliphatic rings. The fourth-order valence-corrected chi connectivity index (χ4v) is 1.98. The van der Waals surface area contributed by atoms with Crippen molar-refractivity contribution < 1.29 is 9.90 Å². The van der Waals surface area contributed by atoms with Gasteiger partial charge in [0.1, 0.15) is 0 Å². The molecule has 0 fully saturated rings. The molecule has 14 heavy (non-hydrogen) atoms. The van der Waals surface area contributed by atoms with E-state index in [1.807, 2.05) is 18.2 Å². The number of hydrogen-bond acceptors (Lipinski definition) is 3. The van der Waals surface area contributed by atoms with Crippen LogP contribution in [0.25, 0.3) is 0 Å². The minimum Gasteiger partial charge on any atom is -0.550 e. The first-order valence-electron chi connectivity index (χ1n) is 4.71. The molecule has 2 rings (SSSR count). The van der Waals surface area contributed by atoms with Crippen LogP contribution in [0.1, 0.15) is 16.7 Å². The topological polar surface area (TPSA) is 66.2 Å². The highest BCUT2D eigenvalue weighted by atomic mass is 16.4. The summed E-state index contributed by atoms with van der Waals surface area (Å²) in [4.78, 5) is 10.4. The van der Waals surface area contributed by atoms with E-state index in [4.69, 9.17) is 5.73 Å². The van der Waals surface area contributed by atoms with Gasteiger partial charge in [-0.2, -0.15) is 0 Å². The van der Waals surface area contributed by atoms with Gasteiger partial charge < -0.3 is 15.6 Å². The van der Waals surface area contributed by atoms with Crippen LogP contribution >= 0.6 is 0 Å². The van der Waals surface area contributed by atoms with Gasteiger partial charge >= 0.3 is 0 Å². The van der Waals surface area contributed by atoms with Crippen molar-refractivity contribution >= 4 is 5.97 Å². The van der Waals surface area contributed by atoms with E-state index in [1.165, 1.54) is 11.1 Å². The molecule has 0 radical (unpaired) electrons. The highest BCUT2D eigenvalue weighted by molar-refractivity contribution is 5.68. The van der Waals surface area contributed by atoms with Gasteiger partial charge in [-0.15, -0.1) is 0 Å². The summed E-state index contributed by atoms with van der Waals surface area (Å²) >= 11 is 0. The van der Waals surface area contributed by atoms with Crippen molar-refractivity contribution in [1.29, 1.82) is 0 Å². The predicted octanol–water partition coefficient (Wildman–Crippen LogP) is -0.595. The maximum Gasteiger partial charge on any atom is 0.0458 e. The van der Waals surface area contributed by atoms with E-state index >= 15 is 0 Å². The van der Waals surface area contributed by atoms with Crippen LogP contribution in [0.3, 0.4) is 0 Å². The van der Waals surface area contributed by atoms with E-state index < -0.39 is 5.97 Å². The summed E-state index contributed by atoms with van der Waals surface area (Å²) in [6.07, 6.45) is 1.75. The Labute approximate surface area is 82.5 Å². The van der Waals surface area contributed by atoms with Crippen LogP contribution < -0.4 is 10.8 Å². The Hall–Kier alpha value is -1.35. The van der Waals surface area contributed by atoms with E-state index in [1.54, 1.807) is 0 Å². The summed E-state index contributed by atoms with van der Waals surface area (Å²) in [6, 6.07) is 5.94. The quantitative estimate of drug-likeness (QED) is 0.677. The van der Waals surface area contributed by atoms with E-state index in [9.17, 15) is 9.90 Å². The fraction of sp³-hybridized carbons (Fsp3) is 0.364. The summed E-state index contributed by atoms with van der Waals surface area (Å²) < 4.78 is 0. The lowest BCUT2D eigenvalue weighted by Crippen LogP contribution is -2.24. The summed E-state index contributed by atoms with van der Waals surface area (Å²) in [7, 11) is 0. The summed E-state index contributed by atoms with van der Waals surface area (Å²) in [5, 5.41) is 10.4. The normalized spacial score (nSPS) is 19.4. The number of hydrogen-bond donors (Lipinski definition) is 1. The van der Waals surface area contributed by atoms with E-state index in [2.05, 4.69) is 0 Å². The molecule has 2 N–H and O–H groups in total. The summed E-state index contributed by atoms with van der Waals surface area (Å²) in [6.45, 7) is 0. The Kier molecular flexibility index (Phi) is 2.25. The number of benzene rings is 1. The van der Waals surface area contributed by atoms with Gasteiger partial charge in [-0.05, 0) is 29.5 Å². The van der Waals surface area contributed by atoms with Crippen molar-refractivity contribution in [3.63, 3.8) is 0 Å². The third kappa shape index (κ3) is 1.77. The standard InChI is InChI=1S/C11H13NO2/c12-10-5-8-2-1-7(4-11(13)14)3-9(8)6-10/h1-3,10H,4-6,12H2,(H,13,14)/p-1. The van der Waals surface area contributed by atoms with E-state index in [0.29, 0.717) is 0 Å². The molecular formula is C11H12NO2-. The number of carboxylic acid groups (broad SMARTS) is 1. The van der Waals surface area contributed by atoms with Gasteiger partial charge in [-0.25, -0.2) is 0 Å². The Balaban J connectivity index is 2.24. The third-order valence-electron chi connectivity index (χ3n) is 2.58. The molecular weight excluding hydrogens is 178 g/mol. The Morgan fingerprint density at radius 1 is 1.43 bits per heavy atom. The van der Waals surface area contributed by atoms with Crippen LogP contribution in [-0.2, 0) is 24.1 Å². The molecule has 1 atom stereocenters. The van der Waals surface area contributed by atoms with Crippen LogP contribution in [0.15, 0.2) is 18.2 Å². The van der Waals surface area contributed by atoms with Crippen LogP contribution in [0.5, 0.6) is 0 Å². The maximum absolute atomic E-state index is 10.4. The molecule has 0 heterocycles. The molecule has 0 saturated carbocycles. The van der Waals surface area contributed by atoms with Gasteiger partial charge in [-0.3, -0.25) is 0 Å². The lowest BCUT2D eigenvalue weighted by molar-refractivity contribution is -0.304. The third-order valence-corrected chi connectivity index (χ3v) is 2.58. The molecule has 74 valence electrons. The van der Waals surface area contributed by atoms with Crippen molar-refractivity contribution in [2.24, 2.45) is 5.73 Å². The molecule has 0 aromatic heterocycles. The van der Waals surface area contributed by atoms with E-state index in [0.717, 1.165) is 18.4 Å². The summed E-state index contributed by atoms with van der Waals surface area (Å²) in [5.41, 5.74) is 9.05. The van der Waals surface area contributed by atoms with Crippen molar-refractivity contribution in [1.82, 2.24) is 0 Å². The summed E-state index contributed by atoms with van der Waals surface area (Å²) in [5.74, 6) is -1.03. The second-order valence-electron chi connectivity index (χ2n) is 3.82. The minimum atomic E-state index is -1.03. The Morgan fingerprint density at radius 3 is 2.86 bits per heavy atom. The number of fused-ring (bicyclic) bond motifs is 1. The minimum absolute atomic E-state index is 0.0114.